The highest BCUT2D eigenvalue weighted by Crippen LogP contribution is 2.30. The Morgan fingerprint density at radius 3 is 2.54 bits per heavy atom. The van der Waals surface area contributed by atoms with Crippen LogP contribution in [0.1, 0.15) is 19.4 Å². The second-order valence-corrected chi connectivity index (χ2v) is 6.49. The van der Waals surface area contributed by atoms with Gasteiger partial charge in [0.1, 0.15) is 5.75 Å². The van der Waals surface area contributed by atoms with Gasteiger partial charge in [-0.15, -0.1) is 0 Å². The molecule has 3 aromatic rings. The Hall–Kier alpha value is -2.81. The fourth-order valence-corrected chi connectivity index (χ4v) is 2.47. The van der Waals surface area contributed by atoms with Crippen LogP contribution in [0.2, 0.25) is 0 Å². The van der Waals surface area contributed by atoms with E-state index in [1.54, 1.807) is 32.0 Å². The lowest BCUT2D eigenvalue weighted by molar-refractivity contribution is -0.137. The Morgan fingerprint density at radius 1 is 1.23 bits per heavy atom. The summed E-state index contributed by atoms with van der Waals surface area (Å²) in [5.74, 6) is 0.289. The molecule has 2 heterocycles. The van der Waals surface area contributed by atoms with Crippen molar-refractivity contribution in [2.75, 3.05) is 0 Å². The van der Waals surface area contributed by atoms with Gasteiger partial charge in [0.25, 0.3) is 0 Å². The minimum absolute atomic E-state index is 0.00993. The van der Waals surface area contributed by atoms with E-state index >= 15 is 0 Å². The quantitative estimate of drug-likeness (QED) is 0.741. The summed E-state index contributed by atoms with van der Waals surface area (Å²) in [7, 11) is 0. The number of rotatable bonds is 4. The number of aromatic amines is 1. The molecule has 0 aliphatic heterocycles. The fourth-order valence-electron chi connectivity index (χ4n) is 2.47. The first-order valence-corrected chi connectivity index (χ1v) is 7.69. The van der Waals surface area contributed by atoms with Crippen molar-refractivity contribution in [1.29, 1.82) is 0 Å². The molecular formula is C17H16F3N3O3. The molecule has 0 saturated carbocycles. The molecule has 9 heteroatoms. The van der Waals surface area contributed by atoms with Gasteiger partial charge in [0.05, 0.1) is 28.7 Å². The van der Waals surface area contributed by atoms with Gasteiger partial charge in [0, 0.05) is 18.3 Å². The molecule has 0 spiro atoms. The number of imidazole rings is 1. The largest absolute Gasteiger partial charge is 0.439 e. The van der Waals surface area contributed by atoms with Gasteiger partial charge in [-0.25, -0.2) is 9.78 Å². The van der Waals surface area contributed by atoms with Crippen molar-refractivity contribution in [3.8, 4) is 11.6 Å². The highest BCUT2D eigenvalue weighted by atomic mass is 19.4. The first-order valence-electron chi connectivity index (χ1n) is 7.69. The summed E-state index contributed by atoms with van der Waals surface area (Å²) in [5.41, 5.74) is -1.31. The second-order valence-electron chi connectivity index (χ2n) is 6.49. The molecule has 6 nitrogen and oxygen atoms in total. The molecule has 1 aromatic carbocycles. The van der Waals surface area contributed by atoms with Crippen molar-refractivity contribution in [1.82, 2.24) is 14.5 Å². The number of benzene rings is 1. The van der Waals surface area contributed by atoms with E-state index in [0.717, 1.165) is 12.1 Å². The van der Waals surface area contributed by atoms with Crippen LogP contribution in [0.15, 0.2) is 41.3 Å². The fraction of sp³-hybridized carbons (Fsp3) is 0.294. The van der Waals surface area contributed by atoms with Gasteiger partial charge in [-0.2, -0.15) is 13.2 Å². The number of ether oxygens (including phenoxy) is 1. The van der Waals surface area contributed by atoms with E-state index in [0.29, 0.717) is 23.0 Å². The Kier molecular flexibility index (Phi) is 4.27. The van der Waals surface area contributed by atoms with E-state index in [9.17, 15) is 23.1 Å². The molecule has 0 aliphatic carbocycles. The molecule has 0 saturated heterocycles. The third-order valence-electron chi connectivity index (χ3n) is 3.58. The van der Waals surface area contributed by atoms with Crippen molar-refractivity contribution in [2.45, 2.75) is 32.2 Å². The topological polar surface area (TPSA) is 80.1 Å². The lowest BCUT2D eigenvalue weighted by atomic mass is 10.1. The number of fused-ring (bicyclic) bond motifs is 1. The molecule has 0 unspecified atom stereocenters. The first kappa shape index (κ1) is 18.0. The number of hydrogen-bond donors (Lipinski definition) is 2. The molecule has 0 bridgehead atoms. The van der Waals surface area contributed by atoms with Crippen molar-refractivity contribution in [3.05, 3.63) is 52.6 Å². The minimum atomic E-state index is -4.47. The zero-order valence-electron chi connectivity index (χ0n) is 14.0. The predicted octanol–water partition coefficient (Wildman–Crippen LogP) is 3.31. The van der Waals surface area contributed by atoms with E-state index in [2.05, 4.69) is 9.97 Å². The van der Waals surface area contributed by atoms with Gasteiger partial charge >= 0.3 is 11.9 Å². The van der Waals surface area contributed by atoms with Gasteiger partial charge in [-0.1, -0.05) is 0 Å². The summed E-state index contributed by atoms with van der Waals surface area (Å²) in [6, 6.07) is 6.72. The van der Waals surface area contributed by atoms with Crippen LogP contribution in [0, 0.1) is 0 Å². The van der Waals surface area contributed by atoms with Gasteiger partial charge in [-0.05, 0) is 32.0 Å². The van der Waals surface area contributed by atoms with Gasteiger partial charge in [0.15, 0.2) is 0 Å². The Balaban J connectivity index is 1.91. The third kappa shape index (κ3) is 3.88. The molecule has 0 atom stereocenters. The smallest absolute Gasteiger partial charge is 0.417 e. The molecule has 2 aromatic heterocycles. The van der Waals surface area contributed by atoms with Crippen LogP contribution in [-0.2, 0) is 12.7 Å². The van der Waals surface area contributed by atoms with Crippen LogP contribution in [-0.4, -0.2) is 25.2 Å². The molecular weight excluding hydrogens is 351 g/mol. The van der Waals surface area contributed by atoms with E-state index in [1.165, 1.54) is 4.57 Å². The maximum absolute atomic E-state index is 12.6. The molecule has 26 heavy (non-hydrogen) atoms. The maximum Gasteiger partial charge on any atom is 0.417 e. The number of nitrogens with one attached hydrogen (secondary N) is 1. The number of nitrogens with zero attached hydrogens (tertiary/aromatic N) is 2. The number of aliphatic hydroxyl groups is 1. The monoisotopic (exact) mass is 367 g/mol. The zero-order valence-corrected chi connectivity index (χ0v) is 14.0. The number of halogens is 3. The summed E-state index contributed by atoms with van der Waals surface area (Å²) in [6.45, 7) is 3.21. The Labute approximate surface area is 145 Å². The zero-order chi connectivity index (χ0) is 19.1. The number of hydrogen-bond acceptors (Lipinski definition) is 4. The number of pyridine rings is 1. The van der Waals surface area contributed by atoms with Crippen LogP contribution >= 0.6 is 0 Å². The molecule has 0 amide bonds. The van der Waals surface area contributed by atoms with E-state index < -0.39 is 17.3 Å². The van der Waals surface area contributed by atoms with Crippen LogP contribution in [0.5, 0.6) is 11.6 Å². The Morgan fingerprint density at radius 2 is 1.96 bits per heavy atom. The summed E-state index contributed by atoms with van der Waals surface area (Å²) in [6.07, 6.45) is -3.78. The first-order chi connectivity index (χ1) is 12.0. The van der Waals surface area contributed by atoms with Gasteiger partial charge in [0.2, 0.25) is 5.88 Å². The second kappa shape index (κ2) is 6.17. The predicted molar refractivity (Wildman–Crippen MR) is 88.2 cm³/mol. The molecule has 2 N–H and O–H groups in total. The lowest BCUT2D eigenvalue weighted by Gasteiger charge is -2.17. The normalized spacial score (nSPS) is 12.5. The Bertz CT molecular complexity index is 983. The van der Waals surface area contributed by atoms with E-state index in [1.807, 2.05) is 0 Å². The highest BCUT2D eigenvalue weighted by molar-refractivity contribution is 5.77. The molecule has 0 aliphatic rings. The standard InChI is InChI=1S/C17H16F3N3O3/c1-16(2,25)9-23-13-7-11(4-5-12(13)22-15(23)24)26-14-6-3-10(8-21-14)17(18,19)20/h3-8,25H,9H2,1-2H3,(H,22,24). The minimum Gasteiger partial charge on any atom is -0.439 e. The SMILES string of the molecule is CC(C)(O)Cn1c(=O)[nH]c2ccc(Oc3ccc(C(F)(F)F)cn3)cc21. The van der Waals surface area contributed by atoms with Crippen molar-refractivity contribution >= 4 is 11.0 Å². The van der Waals surface area contributed by atoms with Gasteiger partial charge < -0.3 is 14.8 Å². The lowest BCUT2D eigenvalue weighted by Crippen LogP contribution is -2.31. The highest BCUT2D eigenvalue weighted by Gasteiger charge is 2.30. The van der Waals surface area contributed by atoms with E-state index in [-0.39, 0.29) is 18.1 Å². The number of aromatic nitrogens is 3. The van der Waals surface area contributed by atoms with Crippen LogP contribution < -0.4 is 10.4 Å². The van der Waals surface area contributed by atoms with Gasteiger partial charge in [-0.3, -0.25) is 4.57 Å². The summed E-state index contributed by atoms with van der Waals surface area (Å²) >= 11 is 0. The molecule has 138 valence electrons. The summed E-state index contributed by atoms with van der Waals surface area (Å²) in [4.78, 5) is 18.4. The number of alkyl halides is 3. The summed E-state index contributed by atoms with van der Waals surface area (Å²) in [5, 5.41) is 9.96. The maximum atomic E-state index is 12.6. The summed E-state index contributed by atoms with van der Waals surface area (Å²) < 4.78 is 44.5. The number of H-pyrrole nitrogens is 1. The average molecular weight is 367 g/mol. The van der Waals surface area contributed by atoms with Crippen LogP contribution in [0.3, 0.4) is 0 Å². The van der Waals surface area contributed by atoms with Crippen molar-refractivity contribution in [2.24, 2.45) is 0 Å². The van der Waals surface area contributed by atoms with E-state index in [4.69, 9.17) is 4.74 Å². The van der Waals surface area contributed by atoms with Crippen LogP contribution in [0.4, 0.5) is 13.2 Å². The van der Waals surface area contributed by atoms with Crippen molar-refractivity contribution < 1.29 is 23.0 Å². The molecule has 0 fully saturated rings. The third-order valence-corrected chi connectivity index (χ3v) is 3.58. The van der Waals surface area contributed by atoms with Crippen LogP contribution in [0.25, 0.3) is 11.0 Å². The molecule has 3 rings (SSSR count). The average Bonchev–Trinajstić information content (AvgIpc) is 2.81. The van der Waals surface area contributed by atoms with Crippen molar-refractivity contribution in [3.63, 3.8) is 0 Å². The molecule has 0 radical (unpaired) electrons.